The maximum absolute atomic E-state index is 12.4. The first kappa shape index (κ1) is 13.6. The van der Waals surface area contributed by atoms with Crippen molar-refractivity contribution >= 4 is 38.5 Å². The van der Waals surface area contributed by atoms with Gasteiger partial charge in [-0.2, -0.15) is 5.10 Å². The van der Waals surface area contributed by atoms with Gasteiger partial charge in [0.05, 0.1) is 17.8 Å². The van der Waals surface area contributed by atoms with Crippen LogP contribution in [0.5, 0.6) is 0 Å². The molecule has 0 unspecified atom stereocenters. The number of sulfonamides is 1. The molecule has 2 aromatic rings. The Bertz CT molecular complexity index is 813. The van der Waals surface area contributed by atoms with E-state index in [1.165, 1.54) is 6.07 Å². The largest absolute Gasteiger partial charge is 0.275 e. The Morgan fingerprint density at radius 3 is 2.70 bits per heavy atom. The third-order valence-electron chi connectivity index (χ3n) is 3.04. The molecular weight excluding hydrogens is 393 g/mol. The molecule has 0 saturated heterocycles. The van der Waals surface area contributed by atoms with Gasteiger partial charge in [0.15, 0.2) is 0 Å². The van der Waals surface area contributed by atoms with E-state index in [-0.39, 0.29) is 17.0 Å². The second-order valence-electron chi connectivity index (χ2n) is 4.44. The zero-order valence-electron chi connectivity index (χ0n) is 10.4. The van der Waals surface area contributed by atoms with Crippen molar-refractivity contribution in [2.45, 2.75) is 11.4 Å². The summed E-state index contributed by atoms with van der Waals surface area (Å²) in [6.07, 6.45) is 1.71. The highest BCUT2D eigenvalue weighted by molar-refractivity contribution is 14.1. The highest BCUT2D eigenvalue weighted by Crippen LogP contribution is 2.32. The van der Waals surface area contributed by atoms with E-state index in [1.807, 2.05) is 22.6 Å². The maximum Gasteiger partial charge on any atom is 0.269 e. The second kappa shape index (κ2) is 4.55. The standard InChI is InChI=1S/C12H10IN3O3S/c1-15-5-4-9(14-15)7-16-12(17)10-6-8(13)2-3-11(10)20(16,18)19/h2-6H,7H2,1H3. The quantitative estimate of drug-likeness (QED) is 0.711. The lowest BCUT2D eigenvalue weighted by Gasteiger charge is -2.13. The molecule has 104 valence electrons. The first-order chi connectivity index (χ1) is 9.39. The van der Waals surface area contributed by atoms with Crippen LogP contribution in [0.4, 0.5) is 0 Å². The molecule has 0 radical (unpaired) electrons. The van der Waals surface area contributed by atoms with E-state index in [4.69, 9.17) is 0 Å². The van der Waals surface area contributed by atoms with Crippen molar-refractivity contribution in [1.29, 1.82) is 0 Å². The molecule has 20 heavy (non-hydrogen) atoms. The summed E-state index contributed by atoms with van der Waals surface area (Å²) in [6, 6.07) is 6.43. The Morgan fingerprint density at radius 1 is 1.30 bits per heavy atom. The van der Waals surface area contributed by atoms with Crippen LogP contribution in [-0.4, -0.2) is 28.4 Å². The molecule has 2 heterocycles. The fourth-order valence-electron chi connectivity index (χ4n) is 2.11. The monoisotopic (exact) mass is 403 g/mol. The molecule has 1 aromatic heterocycles. The lowest BCUT2D eigenvalue weighted by Crippen LogP contribution is -2.29. The highest BCUT2D eigenvalue weighted by atomic mass is 127. The smallest absolute Gasteiger partial charge is 0.269 e. The van der Waals surface area contributed by atoms with Gasteiger partial charge in [0.2, 0.25) is 0 Å². The van der Waals surface area contributed by atoms with Gasteiger partial charge >= 0.3 is 0 Å². The van der Waals surface area contributed by atoms with Crippen molar-refractivity contribution in [3.8, 4) is 0 Å². The van der Waals surface area contributed by atoms with Gasteiger partial charge in [-0.25, -0.2) is 12.7 Å². The molecule has 0 saturated carbocycles. The summed E-state index contributed by atoms with van der Waals surface area (Å²) in [5, 5.41) is 4.11. The number of aromatic nitrogens is 2. The van der Waals surface area contributed by atoms with Crippen molar-refractivity contribution in [3.05, 3.63) is 45.3 Å². The molecule has 3 rings (SSSR count). The van der Waals surface area contributed by atoms with Crippen LogP contribution in [0.15, 0.2) is 35.4 Å². The third-order valence-corrected chi connectivity index (χ3v) is 5.50. The Labute approximate surface area is 129 Å². The Hall–Kier alpha value is -1.42. The van der Waals surface area contributed by atoms with E-state index >= 15 is 0 Å². The molecule has 0 atom stereocenters. The number of rotatable bonds is 2. The number of amides is 1. The first-order valence-corrected chi connectivity index (χ1v) is 8.26. The third kappa shape index (κ3) is 2.03. The molecule has 1 aromatic carbocycles. The summed E-state index contributed by atoms with van der Waals surface area (Å²) >= 11 is 2.05. The number of carbonyl (C=O) groups excluding carboxylic acids is 1. The first-order valence-electron chi connectivity index (χ1n) is 5.75. The molecule has 0 aliphatic carbocycles. The van der Waals surface area contributed by atoms with Crippen molar-refractivity contribution in [2.75, 3.05) is 0 Å². The number of halogens is 1. The van der Waals surface area contributed by atoms with E-state index in [9.17, 15) is 13.2 Å². The molecule has 8 heteroatoms. The Morgan fingerprint density at radius 2 is 2.05 bits per heavy atom. The van der Waals surface area contributed by atoms with Gasteiger partial charge in [0, 0.05) is 16.8 Å². The van der Waals surface area contributed by atoms with Crippen molar-refractivity contribution in [3.63, 3.8) is 0 Å². The van der Waals surface area contributed by atoms with Crippen LogP contribution in [0.1, 0.15) is 16.1 Å². The van der Waals surface area contributed by atoms with Crippen LogP contribution in [0.3, 0.4) is 0 Å². The van der Waals surface area contributed by atoms with Gasteiger partial charge in [0.25, 0.3) is 15.9 Å². The molecular formula is C12H10IN3O3S. The average molecular weight is 403 g/mol. The summed E-state index contributed by atoms with van der Waals surface area (Å²) in [6.45, 7) is -0.0483. The molecule has 1 aliphatic heterocycles. The summed E-state index contributed by atoms with van der Waals surface area (Å²) in [5.74, 6) is -0.496. The highest BCUT2D eigenvalue weighted by Gasteiger charge is 2.41. The number of nitrogens with zero attached hydrogens (tertiary/aromatic N) is 3. The average Bonchev–Trinajstić information content (AvgIpc) is 2.86. The molecule has 0 fully saturated rings. The number of benzene rings is 1. The summed E-state index contributed by atoms with van der Waals surface area (Å²) in [4.78, 5) is 12.4. The summed E-state index contributed by atoms with van der Waals surface area (Å²) in [5.41, 5.74) is 0.764. The number of fused-ring (bicyclic) bond motifs is 1. The lowest BCUT2D eigenvalue weighted by atomic mass is 10.2. The van der Waals surface area contributed by atoms with E-state index in [0.717, 1.165) is 7.88 Å². The zero-order chi connectivity index (χ0) is 14.5. The number of carbonyl (C=O) groups is 1. The van der Waals surface area contributed by atoms with E-state index in [2.05, 4.69) is 5.10 Å². The van der Waals surface area contributed by atoms with Crippen molar-refractivity contribution in [1.82, 2.24) is 14.1 Å². The molecule has 0 N–H and O–H groups in total. The minimum atomic E-state index is -3.77. The number of hydrogen-bond donors (Lipinski definition) is 0. The second-order valence-corrected chi connectivity index (χ2v) is 7.51. The molecule has 0 bridgehead atoms. The fourth-order valence-corrected chi connectivity index (χ4v) is 4.12. The topological polar surface area (TPSA) is 72.3 Å². The number of aryl methyl sites for hydroxylation is 1. The predicted molar refractivity (Wildman–Crippen MR) is 79.4 cm³/mol. The lowest BCUT2D eigenvalue weighted by molar-refractivity contribution is 0.0863. The van der Waals surface area contributed by atoms with Gasteiger partial charge in [-0.3, -0.25) is 9.48 Å². The van der Waals surface area contributed by atoms with Gasteiger partial charge in [-0.05, 0) is 46.9 Å². The van der Waals surface area contributed by atoms with Crippen LogP contribution in [-0.2, 0) is 23.6 Å². The Kier molecular flexibility index (Phi) is 3.09. The van der Waals surface area contributed by atoms with Crippen LogP contribution in [0, 0.1) is 3.57 Å². The van der Waals surface area contributed by atoms with Gasteiger partial charge in [0.1, 0.15) is 4.90 Å². The molecule has 1 aliphatic rings. The molecule has 1 amide bonds. The fraction of sp³-hybridized carbons (Fsp3) is 0.167. The van der Waals surface area contributed by atoms with Gasteiger partial charge in [-0.15, -0.1) is 0 Å². The van der Waals surface area contributed by atoms with Crippen LogP contribution < -0.4 is 0 Å². The van der Waals surface area contributed by atoms with Crippen LogP contribution >= 0.6 is 22.6 Å². The minimum absolute atomic E-state index is 0.0483. The van der Waals surface area contributed by atoms with E-state index in [1.54, 1.807) is 36.1 Å². The molecule has 0 spiro atoms. The van der Waals surface area contributed by atoms with Crippen molar-refractivity contribution < 1.29 is 13.2 Å². The van der Waals surface area contributed by atoms with Crippen LogP contribution in [0.2, 0.25) is 0 Å². The Balaban J connectivity index is 2.05. The maximum atomic E-state index is 12.4. The van der Waals surface area contributed by atoms with Gasteiger partial charge in [-0.1, -0.05) is 0 Å². The van der Waals surface area contributed by atoms with E-state index in [0.29, 0.717) is 5.69 Å². The number of hydrogen-bond acceptors (Lipinski definition) is 4. The zero-order valence-corrected chi connectivity index (χ0v) is 13.4. The van der Waals surface area contributed by atoms with Crippen LogP contribution in [0.25, 0.3) is 0 Å². The minimum Gasteiger partial charge on any atom is -0.275 e. The normalized spacial score (nSPS) is 16.5. The van der Waals surface area contributed by atoms with Crippen molar-refractivity contribution in [2.24, 2.45) is 7.05 Å². The summed E-state index contributed by atoms with van der Waals surface area (Å²) in [7, 11) is -2.03. The molecule has 6 nitrogen and oxygen atoms in total. The van der Waals surface area contributed by atoms with E-state index < -0.39 is 15.9 Å². The summed E-state index contributed by atoms with van der Waals surface area (Å²) < 4.78 is 28.0. The predicted octanol–water partition coefficient (Wildman–Crippen LogP) is 1.37. The van der Waals surface area contributed by atoms with Gasteiger partial charge < -0.3 is 0 Å². The SMILES string of the molecule is Cn1ccc(CN2C(=O)c3cc(I)ccc3S2(=O)=O)n1.